The summed E-state index contributed by atoms with van der Waals surface area (Å²) in [4.78, 5) is 16.0. The van der Waals surface area contributed by atoms with Gasteiger partial charge in [0.15, 0.2) is 0 Å². The molecule has 1 saturated heterocycles. The molecular weight excluding hydrogens is 270 g/mol. The molecule has 1 aliphatic heterocycles. The number of hydrogen-bond acceptors (Lipinski definition) is 5. The van der Waals surface area contributed by atoms with Crippen molar-refractivity contribution in [1.82, 2.24) is 9.80 Å². The molecule has 1 fully saturated rings. The number of nitrogens with zero attached hydrogens (tertiary/aromatic N) is 3. The predicted octanol–water partition coefficient (Wildman–Crippen LogP) is 1.63. The standard InChI is InChI=1S/C15H25N3O3/c1-15(2,3)21-14(19)18-10-9-17(8-6-5-7-16)13(11-18)12-20-4/h5-6,13H,8-12H2,1-4H3/b6-5+. The number of amides is 1. The van der Waals surface area contributed by atoms with Gasteiger partial charge in [-0.25, -0.2) is 4.79 Å². The van der Waals surface area contributed by atoms with Crippen molar-refractivity contribution in [2.75, 3.05) is 39.9 Å². The quantitative estimate of drug-likeness (QED) is 0.738. The van der Waals surface area contributed by atoms with Gasteiger partial charge < -0.3 is 14.4 Å². The van der Waals surface area contributed by atoms with Crippen LogP contribution in [0.5, 0.6) is 0 Å². The SMILES string of the molecule is COCC1CN(C(=O)OC(C)(C)C)CCN1C/C=C/C#N. The van der Waals surface area contributed by atoms with E-state index in [1.807, 2.05) is 32.9 Å². The number of rotatable bonds is 4. The number of piperazine rings is 1. The summed E-state index contributed by atoms with van der Waals surface area (Å²) in [5.74, 6) is 0. The van der Waals surface area contributed by atoms with Crippen molar-refractivity contribution in [3.63, 3.8) is 0 Å². The molecule has 1 heterocycles. The van der Waals surface area contributed by atoms with Crippen LogP contribution in [-0.4, -0.2) is 67.4 Å². The van der Waals surface area contributed by atoms with Gasteiger partial charge in [-0.2, -0.15) is 5.26 Å². The molecule has 0 N–H and O–H groups in total. The van der Waals surface area contributed by atoms with Crippen molar-refractivity contribution < 1.29 is 14.3 Å². The van der Waals surface area contributed by atoms with Gasteiger partial charge in [-0.15, -0.1) is 0 Å². The molecule has 6 heteroatoms. The van der Waals surface area contributed by atoms with Gasteiger partial charge in [0.1, 0.15) is 5.60 Å². The van der Waals surface area contributed by atoms with E-state index in [-0.39, 0.29) is 12.1 Å². The molecule has 0 spiro atoms. The van der Waals surface area contributed by atoms with Crippen LogP contribution < -0.4 is 0 Å². The van der Waals surface area contributed by atoms with Crippen LogP contribution in [0.1, 0.15) is 20.8 Å². The van der Waals surface area contributed by atoms with E-state index in [1.165, 1.54) is 6.08 Å². The van der Waals surface area contributed by atoms with Crippen LogP contribution in [0.2, 0.25) is 0 Å². The second kappa shape index (κ2) is 8.01. The molecule has 1 aliphatic rings. The first-order valence-corrected chi connectivity index (χ1v) is 7.13. The van der Waals surface area contributed by atoms with Crippen LogP contribution in [0.4, 0.5) is 4.79 Å². The lowest BCUT2D eigenvalue weighted by atomic mass is 10.1. The summed E-state index contributed by atoms with van der Waals surface area (Å²) in [6, 6.07) is 2.09. The van der Waals surface area contributed by atoms with E-state index in [2.05, 4.69) is 4.90 Å². The normalized spacial score (nSPS) is 20.5. The first-order valence-electron chi connectivity index (χ1n) is 7.13. The summed E-state index contributed by atoms with van der Waals surface area (Å²) >= 11 is 0. The maximum absolute atomic E-state index is 12.1. The molecule has 1 rings (SSSR count). The fraction of sp³-hybridized carbons (Fsp3) is 0.733. The summed E-state index contributed by atoms with van der Waals surface area (Å²) in [5, 5.41) is 8.54. The van der Waals surface area contributed by atoms with Crippen LogP contribution in [0, 0.1) is 11.3 Å². The second-order valence-electron chi connectivity index (χ2n) is 6.06. The van der Waals surface area contributed by atoms with Gasteiger partial charge in [-0.05, 0) is 20.8 Å². The van der Waals surface area contributed by atoms with Crippen LogP contribution in [0.25, 0.3) is 0 Å². The molecular formula is C15H25N3O3. The first kappa shape index (κ1) is 17.5. The summed E-state index contributed by atoms with van der Waals surface area (Å²) in [7, 11) is 1.65. The summed E-state index contributed by atoms with van der Waals surface area (Å²) in [5.41, 5.74) is -0.486. The van der Waals surface area contributed by atoms with Crippen molar-refractivity contribution in [3.05, 3.63) is 12.2 Å². The number of allylic oxidation sites excluding steroid dienone is 1. The molecule has 0 saturated carbocycles. The molecule has 118 valence electrons. The van der Waals surface area contributed by atoms with E-state index in [1.54, 1.807) is 12.0 Å². The highest BCUT2D eigenvalue weighted by Gasteiger charge is 2.31. The molecule has 6 nitrogen and oxygen atoms in total. The van der Waals surface area contributed by atoms with Gasteiger partial charge in [0.05, 0.1) is 18.7 Å². The fourth-order valence-corrected chi connectivity index (χ4v) is 2.22. The van der Waals surface area contributed by atoms with E-state index >= 15 is 0 Å². The smallest absolute Gasteiger partial charge is 0.410 e. The van der Waals surface area contributed by atoms with Crippen molar-refractivity contribution in [2.24, 2.45) is 0 Å². The van der Waals surface area contributed by atoms with Crippen LogP contribution >= 0.6 is 0 Å². The molecule has 0 aromatic rings. The Hall–Kier alpha value is -1.58. The largest absolute Gasteiger partial charge is 0.444 e. The number of methoxy groups -OCH3 is 1. The Kier molecular flexibility index (Phi) is 6.66. The monoisotopic (exact) mass is 295 g/mol. The average Bonchev–Trinajstić information content (AvgIpc) is 2.39. The molecule has 1 unspecified atom stereocenters. The summed E-state index contributed by atoms with van der Waals surface area (Å²) in [6.45, 7) is 8.74. The number of nitriles is 1. The Morgan fingerprint density at radius 3 is 2.71 bits per heavy atom. The molecule has 0 radical (unpaired) electrons. The minimum Gasteiger partial charge on any atom is -0.444 e. The van der Waals surface area contributed by atoms with Crippen LogP contribution in [0.15, 0.2) is 12.2 Å². The third-order valence-corrected chi connectivity index (χ3v) is 3.15. The minimum absolute atomic E-state index is 0.111. The van der Waals surface area contributed by atoms with Crippen LogP contribution in [0.3, 0.4) is 0 Å². The topological polar surface area (TPSA) is 65.8 Å². The van der Waals surface area contributed by atoms with Gasteiger partial charge in [0.2, 0.25) is 0 Å². The van der Waals surface area contributed by atoms with Gasteiger partial charge in [-0.1, -0.05) is 6.08 Å². The summed E-state index contributed by atoms with van der Waals surface area (Å²) in [6.07, 6.45) is 3.02. The van der Waals surface area contributed by atoms with Gasteiger partial charge >= 0.3 is 6.09 Å². The maximum atomic E-state index is 12.1. The zero-order valence-corrected chi connectivity index (χ0v) is 13.3. The number of carbonyl (C=O) groups excluding carboxylic acids is 1. The zero-order chi connectivity index (χ0) is 15.9. The van der Waals surface area contributed by atoms with Crippen molar-refractivity contribution in [2.45, 2.75) is 32.4 Å². The lowest BCUT2D eigenvalue weighted by Crippen LogP contribution is -2.56. The average molecular weight is 295 g/mol. The number of hydrogen-bond donors (Lipinski definition) is 0. The van der Waals surface area contributed by atoms with Crippen molar-refractivity contribution in [3.8, 4) is 6.07 Å². The lowest BCUT2D eigenvalue weighted by molar-refractivity contribution is -0.00606. The van der Waals surface area contributed by atoms with Gasteiger partial charge in [0, 0.05) is 39.4 Å². The number of ether oxygens (including phenoxy) is 2. The fourth-order valence-electron chi connectivity index (χ4n) is 2.22. The Morgan fingerprint density at radius 1 is 1.43 bits per heavy atom. The Balaban J connectivity index is 2.61. The highest BCUT2D eigenvalue weighted by molar-refractivity contribution is 5.68. The van der Waals surface area contributed by atoms with E-state index in [0.717, 1.165) is 6.54 Å². The van der Waals surface area contributed by atoms with E-state index in [0.29, 0.717) is 26.2 Å². The molecule has 1 atom stereocenters. The Morgan fingerprint density at radius 2 is 2.14 bits per heavy atom. The first-order chi connectivity index (χ1) is 9.87. The molecule has 1 amide bonds. The molecule has 21 heavy (non-hydrogen) atoms. The lowest BCUT2D eigenvalue weighted by Gasteiger charge is -2.40. The number of carbonyl (C=O) groups is 1. The summed E-state index contributed by atoms with van der Waals surface area (Å²) < 4.78 is 10.6. The minimum atomic E-state index is -0.486. The van der Waals surface area contributed by atoms with Crippen LogP contribution in [-0.2, 0) is 9.47 Å². The predicted molar refractivity (Wildman–Crippen MR) is 79.8 cm³/mol. The maximum Gasteiger partial charge on any atom is 0.410 e. The van der Waals surface area contributed by atoms with Gasteiger partial charge in [-0.3, -0.25) is 4.90 Å². The Labute approximate surface area is 126 Å². The molecule has 0 aromatic carbocycles. The molecule has 0 aromatic heterocycles. The Bertz CT molecular complexity index is 409. The third-order valence-electron chi connectivity index (χ3n) is 3.15. The zero-order valence-electron chi connectivity index (χ0n) is 13.3. The van der Waals surface area contributed by atoms with Gasteiger partial charge in [0.25, 0.3) is 0 Å². The second-order valence-corrected chi connectivity index (χ2v) is 6.06. The van der Waals surface area contributed by atoms with E-state index in [4.69, 9.17) is 14.7 Å². The third kappa shape index (κ3) is 6.15. The van der Waals surface area contributed by atoms with E-state index < -0.39 is 5.60 Å². The van der Waals surface area contributed by atoms with Crippen molar-refractivity contribution >= 4 is 6.09 Å². The molecule has 0 aliphatic carbocycles. The van der Waals surface area contributed by atoms with E-state index in [9.17, 15) is 4.79 Å². The highest BCUT2D eigenvalue weighted by Crippen LogP contribution is 2.15. The highest BCUT2D eigenvalue weighted by atomic mass is 16.6. The molecule has 0 bridgehead atoms. The van der Waals surface area contributed by atoms with Crippen molar-refractivity contribution in [1.29, 1.82) is 5.26 Å².